The lowest BCUT2D eigenvalue weighted by Gasteiger charge is -2.26. The summed E-state index contributed by atoms with van der Waals surface area (Å²) in [5.41, 5.74) is 10.6. The molecule has 1 aromatic heterocycles. The Kier molecular flexibility index (Phi) is 6.80. The van der Waals surface area contributed by atoms with Gasteiger partial charge in [-0.05, 0) is 123 Å². The van der Waals surface area contributed by atoms with Crippen molar-refractivity contribution in [3.63, 3.8) is 0 Å². The second-order valence-corrected chi connectivity index (χ2v) is 12.1. The summed E-state index contributed by atoms with van der Waals surface area (Å²) < 4.78 is 5.97. The maximum Gasteiger partial charge on any atom is 0.227 e. The number of benzene rings is 8. The van der Waals surface area contributed by atoms with E-state index in [0.29, 0.717) is 5.89 Å². The Labute approximate surface area is 279 Å². The molecule has 0 spiro atoms. The van der Waals surface area contributed by atoms with E-state index >= 15 is 0 Å². The summed E-state index contributed by atoms with van der Waals surface area (Å²) in [5, 5.41) is 5.04. The average molecular weight is 615 g/mol. The van der Waals surface area contributed by atoms with Crippen molar-refractivity contribution in [1.82, 2.24) is 4.98 Å². The summed E-state index contributed by atoms with van der Waals surface area (Å²) in [4.78, 5) is 6.95. The number of fused-ring (bicyclic) bond motifs is 3. The Morgan fingerprint density at radius 2 is 0.833 bits per heavy atom. The number of oxazole rings is 1. The zero-order valence-electron chi connectivity index (χ0n) is 26.1. The van der Waals surface area contributed by atoms with Crippen molar-refractivity contribution in [2.45, 2.75) is 0 Å². The van der Waals surface area contributed by atoms with Crippen LogP contribution < -0.4 is 4.90 Å². The van der Waals surface area contributed by atoms with E-state index in [-0.39, 0.29) is 0 Å². The molecule has 0 saturated carbocycles. The van der Waals surface area contributed by atoms with E-state index in [1.165, 1.54) is 32.7 Å². The minimum Gasteiger partial charge on any atom is -0.436 e. The lowest BCUT2D eigenvalue weighted by Crippen LogP contribution is -2.09. The normalized spacial score (nSPS) is 11.3. The molecule has 0 N–H and O–H groups in total. The van der Waals surface area contributed by atoms with Crippen LogP contribution >= 0.6 is 0 Å². The van der Waals surface area contributed by atoms with Crippen molar-refractivity contribution < 1.29 is 4.42 Å². The molecule has 8 aromatic carbocycles. The number of para-hydroxylation sites is 3. The molecule has 0 unspecified atom stereocenters. The smallest absolute Gasteiger partial charge is 0.227 e. The van der Waals surface area contributed by atoms with Crippen molar-refractivity contribution in [1.29, 1.82) is 0 Å². The molecule has 3 heteroatoms. The summed E-state index contributed by atoms with van der Waals surface area (Å²) in [5.74, 6) is 0.636. The molecule has 0 amide bonds. The topological polar surface area (TPSA) is 29.3 Å². The van der Waals surface area contributed by atoms with Crippen molar-refractivity contribution in [3.8, 4) is 33.7 Å². The third kappa shape index (κ3) is 5.18. The minimum atomic E-state index is 0.636. The van der Waals surface area contributed by atoms with Crippen LogP contribution in [0.2, 0.25) is 0 Å². The highest BCUT2D eigenvalue weighted by molar-refractivity contribution is 5.99. The zero-order chi connectivity index (χ0) is 31.9. The Morgan fingerprint density at radius 3 is 1.50 bits per heavy atom. The van der Waals surface area contributed by atoms with Crippen molar-refractivity contribution >= 4 is 49.7 Å². The van der Waals surface area contributed by atoms with E-state index in [9.17, 15) is 0 Å². The zero-order valence-corrected chi connectivity index (χ0v) is 26.1. The van der Waals surface area contributed by atoms with Crippen LogP contribution in [0.25, 0.3) is 66.4 Å². The maximum atomic E-state index is 5.97. The molecule has 3 nitrogen and oxygen atoms in total. The molecule has 0 radical (unpaired) electrons. The third-order valence-corrected chi connectivity index (χ3v) is 9.06. The van der Waals surface area contributed by atoms with Gasteiger partial charge in [-0.3, -0.25) is 0 Å². The molecule has 0 bridgehead atoms. The molecule has 9 rings (SSSR count). The second kappa shape index (κ2) is 11.7. The van der Waals surface area contributed by atoms with Crippen LogP contribution in [0.15, 0.2) is 186 Å². The summed E-state index contributed by atoms with van der Waals surface area (Å²) in [6, 6.07) is 64.3. The number of hydrogen-bond donors (Lipinski definition) is 0. The largest absolute Gasteiger partial charge is 0.436 e. The van der Waals surface area contributed by atoms with Crippen LogP contribution in [0.1, 0.15) is 0 Å². The summed E-state index contributed by atoms with van der Waals surface area (Å²) in [6.45, 7) is 0. The molecule has 0 aliphatic heterocycles. The molecular formula is C45H30N2O. The summed E-state index contributed by atoms with van der Waals surface area (Å²) >= 11 is 0. The minimum absolute atomic E-state index is 0.636. The van der Waals surface area contributed by atoms with Gasteiger partial charge in [0.15, 0.2) is 5.58 Å². The summed E-state index contributed by atoms with van der Waals surface area (Å²) in [6.07, 6.45) is 0. The molecule has 226 valence electrons. The van der Waals surface area contributed by atoms with Gasteiger partial charge in [0, 0.05) is 22.6 Å². The Hall–Kier alpha value is -6.45. The molecule has 0 atom stereocenters. The van der Waals surface area contributed by atoms with E-state index in [2.05, 4.69) is 168 Å². The lowest BCUT2D eigenvalue weighted by molar-refractivity contribution is 0.620. The van der Waals surface area contributed by atoms with Crippen molar-refractivity contribution in [3.05, 3.63) is 182 Å². The molecule has 0 aliphatic rings. The Balaban J connectivity index is 1.01. The molecule has 48 heavy (non-hydrogen) atoms. The van der Waals surface area contributed by atoms with Gasteiger partial charge in [-0.15, -0.1) is 0 Å². The molecule has 1 heterocycles. The van der Waals surface area contributed by atoms with Crippen LogP contribution in [0, 0.1) is 0 Å². The van der Waals surface area contributed by atoms with Crippen LogP contribution in [0.4, 0.5) is 17.1 Å². The number of aromatic nitrogens is 1. The molecular weight excluding hydrogens is 585 g/mol. The first kappa shape index (κ1) is 27.8. The highest BCUT2D eigenvalue weighted by atomic mass is 16.3. The fraction of sp³-hybridized carbons (Fsp3) is 0. The van der Waals surface area contributed by atoms with Gasteiger partial charge in [-0.1, -0.05) is 103 Å². The maximum absolute atomic E-state index is 5.97. The average Bonchev–Trinajstić information content (AvgIpc) is 3.60. The molecule has 0 aliphatic carbocycles. The molecule has 0 fully saturated rings. The van der Waals surface area contributed by atoms with Gasteiger partial charge in [-0.25, -0.2) is 4.98 Å². The Morgan fingerprint density at radius 1 is 0.354 bits per heavy atom. The monoisotopic (exact) mass is 614 g/mol. The fourth-order valence-electron chi connectivity index (χ4n) is 6.55. The molecule has 9 aromatic rings. The standard InChI is InChI=1S/C45H30N2O/c1-2-10-40(11-3-1)47(42-26-22-33(23-27-42)37-18-19-38-28-35-8-4-5-9-36(35)29-39(38)30-37)41-24-20-32(21-25-41)31-14-16-34(17-15-31)45-46-43-12-6-7-13-44(43)48-45/h1-30H. The molecule has 0 saturated heterocycles. The van der Waals surface area contributed by atoms with Gasteiger partial charge in [0.1, 0.15) is 5.52 Å². The first-order valence-corrected chi connectivity index (χ1v) is 16.2. The fourth-order valence-corrected chi connectivity index (χ4v) is 6.55. The Bertz CT molecular complexity index is 2500. The van der Waals surface area contributed by atoms with Gasteiger partial charge in [0.2, 0.25) is 5.89 Å². The second-order valence-electron chi connectivity index (χ2n) is 12.1. The first-order chi connectivity index (χ1) is 23.7. The van der Waals surface area contributed by atoms with Crippen molar-refractivity contribution in [2.24, 2.45) is 0 Å². The van der Waals surface area contributed by atoms with E-state index < -0.39 is 0 Å². The highest BCUT2D eigenvalue weighted by Crippen LogP contribution is 2.37. The van der Waals surface area contributed by atoms with Gasteiger partial charge in [-0.2, -0.15) is 0 Å². The predicted molar refractivity (Wildman–Crippen MR) is 200 cm³/mol. The van der Waals surface area contributed by atoms with Gasteiger partial charge < -0.3 is 9.32 Å². The van der Waals surface area contributed by atoms with Gasteiger partial charge in [0.25, 0.3) is 0 Å². The van der Waals surface area contributed by atoms with Crippen LogP contribution in [0.3, 0.4) is 0 Å². The number of hydrogen-bond acceptors (Lipinski definition) is 3. The van der Waals surface area contributed by atoms with Crippen molar-refractivity contribution in [2.75, 3.05) is 4.90 Å². The van der Waals surface area contributed by atoms with E-state index in [1.807, 2.05) is 24.3 Å². The lowest BCUT2D eigenvalue weighted by atomic mass is 9.98. The van der Waals surface area contributed by atoms with E-state index in [4.69, 9.17) is 4.42 Å². The highest BCUT2D eigenvalue weighted by Gasteiger charge is 2.14. The SMILES string of the molecule is c1ccc(N(c2ccc(-c3ccc(-c4nc5ccccc5o4)cc3)cc2)c2ccc(-c3ccc4cc5ccccc5cc4c3)cc2)cc1. The van der Waals surface area contributed by atoms with Gasteiger partial charge >= 0.3 is 0 Å². The first-order valence-electron chi connectivity index (χ1n) is 16.2. The van der Waals surface area contributed by atoms with E-state index in [0.717, 1.165) is 44.9 Å². The summed E-state index contributed by atoms with van der Waals surface area (Å²) in [7, 11) is 0. The van der Waals surface area contributed by atoms with E-state index in [1.54, 1.807) is 0 Å². The van der Waals surface area contributed by atoms with Crippen LogP contribution in [-0.2, 0) is 0 Å². The quantitative estimate of drug-likeness (QED) is 0.175. The third-order valence-electron chi connectivity index (χ3n) is 9.06. The number of nitrogens with zero attached hydrogens (tertiary/aromatic N) is 2. The van der Waals surface area contributed by atoms with Crippen LogP contribution in [0.5, 0.6) is 0 Å². The van der Waals surface area contributed by atoms with Crippen LogP contribution in [-0.4, -0.2) is 4.98 Å². The van der Waals surface area contributed by atoms with Gasteiger partial charge in [0.05, 0.1) is 0 Å². The number of anilines is 3. The predicted octanol–water partition coefficient (Wildman–Crippen LogP) is 12.6. The number of rotatable bonds is 6.